The van der Waals surface area contributed by atoms with Crippen LogP contribution in [0, 0.1) is 22.7 Å². The highest BCUT2D eigenvalue weighted by Gasteiger charge is 2.31. The number of hydrogen-bond donors (Lipinski definition) is 0. The van der Waals surface area contributed by atoms with Gasteiger partial charge in [-0.15, -0.1) is 0 Å². The molecule has 6 nitrogen and oxygen atoms in total. The van der Waals surface area contributed by atoms with E-state index in [0.29, 0.717) is 33.4 Å². The molecule has 0 aliphatic heterocycles. The molecule has 398 valence electrons. The lowest BCUT2D eigenvalue weighted by atomic mass is 9.77. The van der Waals surface area contributed by atoms with E-state index in [0.717, 1.165) is 132 Å². The fourth-order valence-corrected chi connectivity index (χ4v) is 14.1. The zero-order chi connectivity index (χ0) is 57.0. The molecule has 0 unspecified atom stereocenters. The lowest BCUT2D eigenvalue weighted by Gasteiger charge is -2.23. The fourth-order valence-electron chi connectivity index (χ4n) is 14.1. The van der Waals surface area contributed by atoms with Gasteiger partial charge in [-0.05, 0) is 144 Å². The van der Waals surface area contributed by atoms with Crippen molar-refractivity contribution in [3.05, 3.63) is 302 Å². The molecule has 0 bridgehead atoms. The number of hydrogen-bond acceptors (Lipinski definition) is 2. The Morgan fingerprint density at radius 3 is 0.616 bits per heavy atom. The van der Waals surface area contributed by atoms with Crippen molar-refractivity contribution in [2.24, 2.45) is 0 Å². The van der Waals surface area contributed by atoms with Crippen molar-refractivity contribution in [2.45, 2.75) is 0 Å². The third-order valence-electron chi connectivity index (χ3n) is 17.6. The highest BCUT2D eigenvalue weighted by molar-refractivity contribution is 6.17. The van der Waals surface area contributed by atoms with Crippen LogP contribution in [0.5, 0.6) is 0 Å². The summed E-state index contributed by atoms with van der Waals surface area (Å²) in [4.78, 5) is 0. The molecule has 17 rings (SSSR count). The Labute approximate surface area is 495 Å². The summed E-state index contributed by atoms with van der Waals surface area (Å²) in [6.45, 7) is 0. The van der Waals surface area contributed by atoms with Gasteiger partial charge in [-0.25, -0.2) is 0 Å². The molecule has 0 N–H and O–H groups in total. The second kappa shape index (κ2) is 19.3. The van der Waals surface area contributed by atoms with Crippen molar-refractivity contribution in [1.29, 1.82) is 10.5 Å². The summed E-state index contributed by atoms with van der Waals surface area (Å²) < 4.78 is 9.27. The number of nitriles is 2. The van der Waals surface area contributed by atoms with Gasteiger partial charge in [0.2, 0.25) is 0 Å². The van der Waals surface area contributed by atoms with E-state index in [1.54, 1.807) is 0 Å². The molecule has 4 heterocycles. The number of para-hydroxylation sites is 8. The first-order chi connectivity index (χ1) is 42.6. The number of rotatable bonds is 8. The van der Waals surface area contributed by atoms with Gasteiger partial charge < -0.3 is 18.3 Å². The Hall–Kier alpha value is -12.0. The van der Waals surface area contributed by atoms with Crippen LogP contribution in [0.4, 0.5) is 0 Å². The lowest BCUT2D eigenvalue weighted by Crippen LogP contribution is -2.03. The van der Waals surface area contributed by atoms with E-state index in [-0.39, 0.29) is 0 Å². The summed E-state index contributed by atoms with van der Waals surface area (Å²) in [7, 11) is 0. The molecule has 0 fully saturated rings. The van der Waals surface area contributed by atoms with Crippen molar-refractivity contribution in [3.63, 3.8) is 0 Å². The molecule has 86 heavy (non-hydrogen) atoms. The molecule has 13 aromatic carbocycles. The van der Waals surface area contributed by atoms with Gasteiger partial charge in [-0.2, -0.15) is 10.5 Å². The molecular weight excluding hydrogens is 1040 g/mol. The Balaban J connectivity index is 1.03. The van der Waals surface area contributed by atoms with E-state index in [4.69, 9.17) is 0 Å². The highest BCUT2D eigenvalue weighted by Crippen LogP contribution is 2.52. The van der Waals surface area contributed by atoms with Gasteiger partial charge in [0, 0.05) is 88.1 Å². The van der Waals surface area contributed by atoms with Gasteiger partial charge in [-0.3, -0.25) is 0 Å². The van der Waals surface area contributed by atoms with Gasteiger partial charge in [0.05, 0.1) is 55.3 Å². The molecule has 4 aromatic heterocycles. The average Bonchev–Trinajstić information content (AvgIpc) is 1.30. The largest absolute Gasteiger partial charge is 0.309 e. The predicted molar refractivity (Wildman–Crippen MR) is 355 cm³/mol. The van der Waals surface area contributed by atoms with Crippen LogP contribution in [0.2, 0.25) is 0 Å². The molecule has 0 spiro atoms. The number of fused-ring (bicyclic) bond motifs is 12. The van der Waals surface area contributed by atoms with Crippen molar-refractivity contribution >= 4 is 87.2 Å². The van der Waals surface area contributed by atoms with Crippen LogP contribution >= 0.6 is 0 Å². The van der Waals surface area contributed by atoms with Crippen LogP contribution in [-0.2, 0) is 0 Å². The first kappa shape index (κ1) is 48.7. The van der Waals surface area contributed by atoms with Crippen LogP contribution in [0.1, 0.15) is 11.1 Å². The monoisotopic (exact) mass is 1090 g/mol. The molecule has 0 saturated heterocycles. The quantitative estimate of drug-likeness (QED) is 0.152. The fraction of sp³-hybridized carbons (Fsp3) is 0. The third-order valence-corrected chi connectivity index (χ3v) is 17.6. The molecule has 0 aliphatic carbocycles. The molecule has 0 atom stereocenters. The van der Waals surface area contributed by atoms with Crippen molar-refractivity contribution in [1.82, 2.24) is 18.3 Å². The van der Waals surface area contributed by atoms with Crippen molar-refractivity contribution in [3.8, 4) is 79.4 Å². The minimum Gasteiger partial charge on any atom is -0.309 e. The zero-order valence-corrected chi connectivity index (χ0v) is 46.4. The standard InChI is InChI=1S/C80H48N6/c81-49-67-77(51-37-41-73-63(45-51)59-29-13-17-33-69(59)83(73)55-21-5-1-6-22-55)78(52-38-42-74-64(46-52)60-30-14-18-34-70(60)84(74)56-23-7-2-8-24-56)68(50-82)80(54-40-44-76-66(48-54)62-32-16-20-36-72(62)86(76)58-27-11-4-12-28-58)79(67)53-39-43-75-65(47-53)61-31-15-19-35-71(61)85(75)57-25-9-3-10-26-57/h1-48H. The van der Waals surface area contributed by atoms with Gasteiger partial charge in [0.15, 0.2) is 0 Å². The minimum atomic E-state index is 0.477. The predicted octanol–water partition coefficient (Wildman–Crippen LogP) is 20.5. The Morgan fingerprint density at radius 1 is 0.198 bits per heavy atom. The number of benzene rings is 13. The number of nitrogens with zero attached hydrogens (tertiary/aromatic N) is 6. The van der Waals surface area contributed by atoms with E-state index >= 15 is 0 Å². The molecular formula is C80H48N6. The molecule has 17 aromatic rings. The molecule has 0 saturated carbocycles. The van der Waals surface area contributed by atoms with E-state index < -0.39 is 0 Å². The summed E-state index contributed by atoms with van der Waals surface area (Å²) in [5.41, 5.74) is 19.7. The third kappa shape index (κ3) is 7.24. The first-order valence-electron chi connectivity index (χ1n) is 29.0. The van der Waals surface area contributed by atoms with Crippen LogP contribution < -0.4 is 0 Å². The van der Waals surface area contributed by atoms with Gasteiger partial charge >= 0.3 is 0 Å². The smallest absolute Gasteiger partial charge is 0.100 e. The highest BCUT2D eigenvalue weighted by atomic mass is 15.0. The van der Waals surface area contributed by atoms with E-state index in [2.05, 4.69) is 297 Å². The topological polar surface area (TPSA) is 67.3 Å². The summed E-state index contributed by atoms with van der Waals surface area (Å²) >= 11 is 0. The van der Waals surface area contributed by atoms with Crippen LogP contribution in [0.25, 0.3) is 154 Å². The Morgan fingerprint density at radius 2 is 0.395 bits per heavy atom. The van der Waals surface area contributed by atoms with Gasteiger partial charge in [-0.1, -0.05) is 170 Å². The first-order valence-corrected chi connectivity index (χ1v) is 29.0. The van der Waals surface area contributed by atoms with E-state index in [1.807, 2.05) is 24.3 Å². The maximum atomic E-state index is 12.5. The summed E-state index contributed by atoms with van der Waals surface area (Å²) in [5.74, 6) is 0. The minimum absolute atomic E-state index is 0.477. The second-order valence-corrected chi connectivity index (χ2v) is 22.2. The maximum absolute atomic E-state index is 12.5. The van der Waals surface area contributed by atoms with Crippen LogP contribution in [-0.4, -0.2) is 18.3 Å². The van der Waals surface area contributed by atoms with Crippen LogP contribution in [0.15, 0.2) is 291 Å². The average molecular weight is 1090 g/mol. The van der Waals surface area contributed by atoms with Crippen LogP contribution in [0.3, 0.4) is 0 Å². The Kier molecular flexibility index (Phi) is 11.0. The summed E-state index contributed by atoms with van der Waals surface area (Å²) in [5, 5.41) is 33.6. The molecule has 0 aliphatic rings. The SMILES string of the molecule is N#Cc1c(-c2ccc3c(c2)c2ccccc2n3-c2ccccc2)c(-c2ccc3c(c2)c2ccccc2n3-c2ccccc2)c(C#N)c(-c2ccc3c(c2)c2ccccc2n3-c2ccccc2)c1-c1ccc2c(c1)c1ccccc1n2-c1ccccc1. The normalized spacial score (nSPS) is 11.7. The summed E-state index contributed by atoms with van der Waals surface area (Å²) in [6, 6.07) is 108. The summed E-state index contributed by atoms with van der Waals surface area (Å²) in [6.07, 6.45) is 0. The van der Waals surface area contributed by atoms with Gasteiger partial charge in [0.1, 0.15) is 12.1 Å². The zero-order valence-electron chi connectivity index (χ0n) is 46.4. The maximum Gasteiger partial charge on any atom is 0.100 e. The molecule has 0 amide bonds. The molecule has 0 radical (unpaired) electrons. The second-order valence-electron chi connectivity index (χ2n) is 22.2. The van der Waals surface area contributed by atoms with E-state index in [9.17, 15) is 10.5 Å². The van der Waals surface area contributed by atoms with E-state index in [1.165, 1.54) is 0 Å². The Bertz CT molecular complexity index is 5020. The molecule has 6 heteroatoms. The van der Waals surface area contributed by atoms with Crippen molar-refractivity contribution < 1.29 is 0 Å². The lowest BCUT2D eigenvalue weighted by molar-refractivity contribution is 1.18. The van der Waals surface area contributed by atoms with Gasteiger partial charge in [0.25, 0.3) is 0 Å². The number of aromatic nitrogens is 4. The van der Waals surface area contributed by atoms with Crippen molar-refractivity contribution in [2.75, 3.05) is 0 Å².